The van der Waals surface area contributed by atoms with Gasteiger partial charge in [0.15, 0.2) is 0 Å². The van der Waals surface area contributed by atoms with E-state index in [2.05, 4.69) is 67.0 Å². The van der Waals surface area contributed by atoms with Crippen LogP contribution >= 0.6 is 0 Å². The third-order valence-electron chi connectivity index (χ3n) is 5.27. The molecule has 0 fully saturated rings. The molecule has 0 unspecified atom stereocenters. The molecule has 0 atom stereocenters. The monoisotopic (exact) mass is 397 g/mol. The second-order valence-corrected chi connectivity index (χ2v) is 7.42. The number of benzene rings is 2. The van der Waals surface area contributed by atoms with Crippen LogP contribution in [-0.2, 0) is 13.0 Å². The molecule has 0 saturated heterocycles. The summed E-state index contributed by atoms with van der Waals surface area (Å²) in [5.74, 6) is 0.972. The quantitative estimate of drug-likeness (QED) is 0.297. The molecule has 2 aromatic carbocycles. The lowest BCUT2D eigenvalue weighted by Gasteiger charge is -2.11. The Labute approximate surface area is 173 Å². The first-order valence-electron chi connectivity index (χ1n) is 9.88. The van der Waals surface area contributed by atoms with Gasteiger partial charge in [0.1, 0.15) is 5.82 Å². The number of hydrogen-bond acceptors (Lipinski definition) is 5. The molecule has 0 aliphatic rings. The fraction of sp³-hybridized carbons (Fsp3) is 0.130. The van der Waals surface area contributed by atoms with Crippen LogP contribution in [0.5, 0.6) is 0 Å². The number of nitrogens with one attached hydrogen (secondary N) is 4. The molecule has 0 bridgehead atoms. The number of nitrogen functional groups attached to an aromatic ring is 1. The molecule has 150 valence electrons. The van der Waals surface area contributed by atoms with Gasteiger partial charge >= 0.3 is 0 Å². The fourth-order valence-electron chi connectivity index (χ4n) is 3.81. The molecule has 5 rings (SSSR count). The van der Waals surface area contributed by atoms with Crippen LogP contribution in [-0.4, -0.2) is 27.0 Å². The van der Waals surface area contributed by atoms with Crippen LogP contribution in [0.25, 0.3) is 21.8 Å². The zero-order valence-corrected chi connectivity index (χ0v) is 16.7. The SMILES string of the molecule is CNCc1cc(Nc2ncc(Cc3ccc4[nH]ccc4c3)c(N)n2)c2cc[nH]c2c1. The molecule has 0 amide bonds. The van der Waals surface area contributed by atoms with Crippen molar-refractivity contribution in [3.05, 3.63) is 77.7 Å². The van der Waals surface area contributed by atoms with Crippen LogP contribution in [0.2, 0.25) is 0 Å². The lowest BCUT2D eigenvalue weighted by Crippen LogP contribution is -2.07. The summed E-state index contributed by atoms with van der Waals surface area (Å²) in [5, 5.41) is 8.78. The number of hydrogen-bond donors (Lipinski definition) is 5. The first kappa shape index (κ1) is 18.2. The molecule has 0 radical (unpaired) electrons. The summed E-state index contributed by atoms with van der Waals surface area (Å²) < 4.78 is 0. The standard InChI is InChI=1S/C23H23N7/c1-25-12-15-10-20-18(5-7-27-20)21(11-15)29-23-28-13-17(22(24)30-23)9-14-2-3-19-16(8-14)4-6-26-19/h2-8,10-11,13,25-27H,9,12H2,1H3,(H3,24,28,29,30). The average Bonchev–Trinajstić information content (AvgIpc) is 3.39. The van der Waals surface area contributed by atoms with Gasteiger partial charge in [0.2, 0.25) is 5.95 Å². The zero-order valence-electron chi connectivity index (χ0n) is 16.7. The molecule has 0 aliphatic heterocycles. The summed E-state index contributed by atoms with van der Waals surface area (Å²) in [6.45, 7) is 0.775. The predicted molar refractivity (Wildman–Crippen MR) is 122 cm³/mol. The van der Waals surface area contributed by atoms with Gasteiger partial charge in [-0.05, 0) is 60.0 Å². The van der Waals surface area contributed by atoms with Crippen molar-refractivity contribution >= 4 is 39.3 Å². The maximum Gasteiger partial charge on any atom is 0.229 e. The summed E-state index contributed by atoms with van der Waals surface area (Å²) in [6.07, 6.45) is 6.36. The van der Waals surface area contributed by atoms with E-state index < -0.39 is 0 Å². The van der Waals surface area contributed by atoms with Gasteiger partial charge in [0.05, 0.1) is 5.69 Å². The Balaban J connectivity index is 1.41. The molecule has 5 aromatic rings. The number of aromatic amines is 2. The number of H-pyrrole nitrogens is 2. The van der Waals surface area contributed by atoms with Crippen LogP contribution in [0, 0.1) is 0 Å². The number of fused-ring (bicyclic) bond motifs is 2. The molecule has 6 N–H and O–H groups in total. The Hall–Kier alpha value is -3.84. The van der Waals surface area contributed by atoms with Crippen LogP contribution in [0.1, 0.15) is 16.7 Å². The highest BCUT2D eigenvalue weighted by Gasteiger charge is 2.10. The molecule has 7 heteroatoms. The molecule has 30 heavy (non-hydrogen) atoms. The minimum absolute atomic E-state index is 0.485. The third kappa shape index (κ3) is 3.46. The second-order valence-electron chi connectivity index (χ2n) is 7.42. The fourth-order valence-corrected chi connectivity index (χ4v) is 3.81. The van der Waals surface area contributed by atoms with Gasteiger partial charge in [-0.15, -0.1) is 0 Å². The van der Waals surface area contributed by atoms with Crippen molar-refractivity contribution < 1.29 is 0 Å². The highest BCUT2D eigenvalue weighted by molar-refractivity contribution is 5.94. The maximum absolute atomic E-state index is 6.27. The summed E-state index contributed by atoms with van der Waals surface area (Å²) >= 11 is 0. The van der Waals surface area contributed by atoms with E-state index in [0.29, 0.717) is 18.2 Å². The van der Waals surface area contributed by atoms with Crippen molar-refractivity contribution in [3.63, 3.8) is 0 Å². The lowest BCUT2D eigenvalue weighted by atomic mass is 10.1. The largest absolute Gasteiger partial charge is 0.383 e. The topological polar surface area (TPSA) is 107 Å². The van der Waals surface area contributed by atoms with E-state index in [9.17, 15) is 0 Å². The van der Waals surface area contributed by atoms with Gasteiger partial charge in [0.25, 0.3) is 0 Å². The zero-order chi connectivity index (χ0) is 20.5. The number of nitrogens with two attached hydrogens (primary N) is 1. The number of aromatic nitrogens is 4. The number of anilines is 3. The van der Waals surface area contributed by atoms with Gasteiger partial charge in [-0.3, -0.25) is 0 Å². The second kappa shape index (κ2) is 7.53. The Kier molecular flexibility index (Phi) is 4.57. The minimum Gasteiger partial charge on any atom is -0.383 e. The molecule has 0 spiro atoms. The molecular weight excluding hydrogens is 374 g/mol. The van der Waals surface area contributed by atoms with E-state index in [1.54, 1.807) is 6.20 Å². The Bertz CT molecular complexity index is 1330. The van der Waals surface area contributed by atoms with Crippen molar-refractivity contribution in [2.75, 3.05) is 18.1 Å². The maximum atomic E-state index is 6.27. The number of rotatable bonds is 6. The molecule has 0 saturated carbocycles. The lowest BCUT2D eigenvalue weighted by molar-refractivity contribution is 0.819. The van der Waals surface area contributed by atoms with E-state index in [4.69, 9.17) is 5.73 Å². The van der Waals surface area contributed by atoms with E-state index in [1.165, 1.54) is 16.5 Å². The van der Waals surface area contributed by atoms with E-state index in [0.717, 1.165) is 34.2 Å². The van der Waals surface area contributed by atoms with Crippen LogP contribution in [0.15, 0.2) is 61.1 Å². The first-order valence-corrected chi connectivity index (χ1v) is 9.88. The first-order chi connectivity index (χ1) is 14.7. The Morgan fingerprint density at radius 3 is 2.70 bits per heavy atom. The molecule has 3 aromatic heterocycles. The summed E-state index contributed by atoms with van der Waals surface area (Å²) in [5.41, 5.74) is 12.7. The van der Waals surface area contributed by atoms with Gasteiger partial charge in [0, 0.05) is 53.5 Å². The summed E-state index contributed by atoms with van der Waals surface area (Å²) in [4.78, 5) is 15.5. The molecular formula is C23H23N7. The normalized spacial score (nSPS) is 11.4. The minimum atomic E-state index is 0.485. The van der Waals surface area contributed by atoms with Crippen molar-refractivity contribution in [1.29, 1.82) is 0 Å². The van der Waals surface area contributed by atoms with E-state index >= 15 is 0 Å². The molecule has 7 nitrogen and oxygen atoms in total. The van der Waals surface area contributed by atoms with E-state index in [1.807, 2.05) is 25.5 Å². The summed E-state index contributed by atoms with van der Waals surface area (Å²) in [6, 6.07) is 14.7. The van der Waals surface area contributed by atoms with Crippen LogP contribution < -0.4 is 16.4 Å². The van der Waals surface area contributed by atoms with Crippen LogP contribution in [0.3, 0.4) is 0 Å². The van der Waals surface area contributed by atoms with Crippen LogP contribution in [0.4, 0.5) is 17.5 Å². The Morgan fingerprint density at radius 2 is 1.83 bits per heavy atom. The van der Waals surface area contributed by atoms with Crippen molar-refractivity contribution in [2.45, 2.75) is 13.0 Å². The molecule has 3 heterocycles. The van der Waals surface area contributed by atoms with Gasteiger partial charge in [-0.25, -0.2) is 4.98 Å². The highest BCUT2D eigenvalue weighted by atomic mass is 15.1. The van der Waals surface area contributed by atoms with Gasteiger partial charge in [-0.1, -0.05) is 6.07 Å². The smallest absolute Gasteiger partial charge is 0.229 e. The summed E-state index contributed by atoms with van der Waals surface area (Å²) in [7, 11) is 1.93. The van der Waals surface area contributed by atoms with E-state index in [-0.39, 0.29) is 0 Å². The molecule has 0 aliphatic carbocycles. The van der Waals surface area contributed by atoms with Crippen molar-refractivity contribution in [2.24, 2.45) is 0 Å². The Morgan fingerprint density at radius 1 is 0.967 bits per heavy atom. The average molecular weight is 397 g/mol. The van der Waals surface area contributed by atoms with Gasteiger partial charge in [-0.2, -0.15) is 4.98 Å². The third-order valence-corrected chi connectivity index (χ3v) is 5.27. The number of nitrogens with zero attached hydrogens (tertiary/aromatic N) is 2. The predicted octanol–water partition coefficient (Wildman–Crippen LogP) is 4.08. The van der Waals surface area contributed by atoms with Crippen molar-refractivity contribution in [3.8, 4) is 0 Å². The van der Waals surface area contributed by atoms with Crippen molar-refractivity contribution in [1.82, 2.24) is 25.3 Å². The highest BCUT2D eigenvalue weighted by Crippen LogP contribution is 2.27. The van der Waals surface area contributed by atoms with Gasteiger partial charge < -0.3 is 26.3 Å².